The largest absolute Gasteiger partial charge is 0.461 e. The molecule has 0 aromatic heterocycles. The molecule has 2 fully saturated rings. The maximum Gasteiger partial charge on any atom is 0.338 e. The lowest BCUT2D eigenvalue weighted by Crippen LogP contribution is -2.52. The number of carbonyl (C=O) groups is 1. The summed E-state index contributed by atoms with van der Waals surface area (Å²) < 4.78 is 10.2. The van der Waals surface area contributed by atoms with Crippen LogP contribution in [0.1, 0.15) is 19.3 Å². The molecule has 0 aromatic rings. The lowest BCUT2D eigenvalue weighted by atomic mass is 9.80. The van der Waals surface area contributed by atoms with Gasteiger partial charge in [0.05, 0.1) is 6.61 Å². The molecule has 0 amide bonds. The highest BCUT2D eigenvalue weighted by Gasteiger charge is 2.48. The molecule has 56 valence electrons. The van der Waals surface area contributed by atoms with E-state index in [4.69, 9.17) is 9.47 Å². The van der Waals surface area contributed by atoms with Gasteiger partial charge in [-0.15, -0.1) is 0 Å². The zero-order valence-electron chi connectivity index (χ0n) is 5.76. The standard InChI is InChI=1S/C7H10O3/c8-6-7(2-1-3-7)10-5-4-9-6/h1-5H2. The third kappa shape index (κ3) is 0.669. The van der Waals surface area contributed by atoms with E-state index in [9.17, 15) is 4.79 Å². The molecule has 1 saturated carbocycles. The van der Waals surface area contributed by atoms with E-state index < -0.39 is 5.60 Å². The van der Waals surface area contributed by atoms with Crippen molar-refractivity contribution in [3.05, 3.63) is 0 Å². The topological polar surface area (TPSA) is 35.5 Å². The summed E-state index contributed by atoms with van der Waals surface area (Å²) in [5.41, 5.74) is -0.502. The van der Waals surface area contributed by atoms with Crippen molar-refractivity contribution in [2.24, 2.45) is 0 Å². The first-order valence-corrected chi connectivity index (χ1v) is 3.65. The van der Waals surface area contributed by atoms with Crippen LogP contribution in [0.15, 0.2) is 0 Å². The molecule has 1 heterocycles. The zero-order valence-corrected chi connectivity index (χ0v) is 5.76. The van der Waals surface area contributed by atoms with Crippen LogP contribution in [-0.2, 0) is 14.3 Å². The molecular formula is C7H10O3. The second kappa shape index (κ2) is 1.95. The van der Waals surface area contributed by atoms with E-state index in [1.54, 1.807) is 0 Å². The highest BCUT2D eigenvalue weighted by molar-refractivity contribution is 5.81. The van der Waals surface area contributed by atoms with E-state index >= 15 is 0 Å². The average Bonchev–Trinajstić information content (AvgIpc) is 1.85. The minimum absolute atomic E-state index is 0.148. The Kier molecular flexibility index (Phi) is 1.20. The minimum atomic E-state index is -0.502. The normalized spacial score (nSPS) is 29.4. The van der Waals surface area contributed by atoms with Crippen LogP contribution in [0.3, 0.4) is 0 Å². The summed E-state index contributed by atoms with van der Waals surface area (Å²) in [4.78, 5) is 11.1. The van der Waals surface area contributed by atoms with Gasteiger partial charge < -0.3 is 9.47 Å². The van der Waals surface area contributed by atoms with Gasteiger partial charge in [-0.05, 0) is 19.3 Å². The fourth-order valence-corrected chi connectivity index (χ4v) is 1.41. The molecule has 2 rings (SSSR count). The molecule has 1 spiro atoms. The van der Waals surface area contributed by atoms with Crippen LogP contribution in [0.5, 0.6) is 0 Å². The monoisotopic (exact) mass is 142 g/mol. The van der Waals surface area contributed by atoms with E-state index in [0.29, 0.717) is 13.2 Å². The van der Waals surface area contributed by atoms with Gasteiger partial charge in [-0.3, -0.25) is 0 Å². The van der Waals surface area contributed by atoms with Crippen LogP contribution in [0.25, 0.3) is 0 Å². The smallest absolute Gasteiger partial charge is 0.338 e. The number of cyclic esters (lactones) is 1. The van der Waals surface area contributed by atoms with E-state index in [1.807, 2.05) is 0 Å². The number of esters is 1. The van der Waals surface area contributed by atoms with Crippen LogP contribution in [0.2, 0.25) is 0 Å². The Balaban J connectivity index is 2.10. The van der Waals surface area contributed by atoms with Crippen molar-refractivity contribution >= 4 is 5.97 Å². The third-order valence-corrected chi connectivity index (χ3v) is 2.23. The average molecular weight is 142 g/mol. The summed E-state index contributed by atoms with van der Waals surface area (Å²) in [5, 5.41) is 0. The predicted molar refractivity (Wildman–Crippen MR) is 33.5 cm³/mol. The number of carbonyl (C=O) groups excluding carboxylic acids is 1. The second-order valence-electron chi connectivity index (χ2n) is 2.83. The Labute approximate surface area is 59.3 Å². The summed E-state index contributed by atoms with van der Waals surface area (Å²) >= 11 is 0. The van der Waals surface area contributed by atoms with E-state index in [2.05, 4.69) is 0 Å². The van der Waals surface area contributed by atoms with Crippen LogP contribution < -0.4 is 0 Å². The number of hydrogen-bond donors (Lipinski definition) is 0. The van der Waals surface area contributed by atoms with Gasteiger partial charge in [-0.1, -0.05) is 0 Å². The number of rotatable bonds is 0. The molecule has 1 aliphatic carbocycles. The predicted octanol–water partition coefficient (Wildman–Crippen LogP) is 0.483. The molecule has 1 aliphatic heterocycles. The van der Waals surface area contributed by atoms with Crippen molar-refractivity contribution < 1.29 is 14.3 Å². The van der Waals surface area contributed by atoms with Crippen molar-refractivity contribution in [1.29, 1.82) is 0 Å². The first-order chi connectivity index (χ1) is 4.83. The fourth-order valence-electron chi connectivity index (χ4n) is 1.41. The molecule has 3 nitrogen and oxygen atoms in total. The van der Waals surface area contributed by atoms with Crippen LogP contribution >= 0.6 is 0 Å². The molecule has 0 atom stereocenters. The molecule has 10 heavy (non-hydrogen) atoms. The summed E-state index contributed by atoms with van der Waals surface area (Å²) in [6, 6.07) is 0. The van der Waals surface area contributed by atoms with Gasteiger partial charge in [0.1, 0.15) is 6.61 Å². The molecule has 3 heteroatoms. The quantitative estimate of drug-likeness (QED) is 0.461. The Hall–Kier alpha value is -0.570. The van der Waals surface area contributed by atoms with Gasteiger partial charge in [-0.2, -0.15) is 0 Å². The zero-order chi connectivity index (χ0) is 7.03. The Bertz CT molecular complexity index is 160. The van der Waals surface area contributed by atoms with E-state index in [1.165, 1.54) is 0 Å². The second-order valence-corrected chi connectivity index (χ2v) is 2.83. The first kappa shape index (κ1) is 6.16. The lowest BCUT2D eigenvalue weighted by Gasteiger charge is -2.41. The van der Waals surface area contributed by atoms with Crippen LogP contribution in [-0.4, -0.2) is 24.8 Å². The molecule has 1 saturated heterocycles. The van der Waals surface area contributed by atoms with Gasteiger partial charge in [-0.25, -0.2) is 4.79 Å². The van der Waals surface area contributed by atoms with Crippen LogP contribution in [0, 0.1) is 0 Å². The highest BCUT2D eigenvalue weighted by atomic mass is 16.6. The lowest BCUT2D eigenvalue weighted by molar-refractivity contribution is -0.206. The summed E-state index contributed by atoms with van der Waals surface area (Å²) in [6.45, 7) is 1.01. The first-order valence-electron chi connectivity index (χ1n) is 3.65. The van der Waals surface area contributed by atoms with Crippen molar-refractivity contribution in [2.45, 2.75) is 24.9 Å². The molecular weight excluding hydrogens is 132 g/mol. The van der Waals surface area contributed by atoms with Gasteiger partial charge in [0.25, 0.3) is 0 Å². The van der Waals surface area contributed by atoms with E-state index in [-0.39, 0.29) is 5.97 Å². The van der Waals surface area contributed by atoms with Gasteiger partial charge in [0.2, 0.25) is 0 Å². The molecule has 0 radical (unpaired) electrons. The van der Waals surface area contributed by atoms with Crippen molar-refractivity contribution in [2.75, 3.05) is 13.2 Å². The number of hydrogen-bond acceptors (Lipinski definition) is 3. The molecule has 0 bridgehead atoms. The summed E-state index contributed by atoms with van der Waals surface area (Å²) in [6.07, 6.45) is 2.80. The number of ether oxygens (including phenoxy) is 2. The molecule has 2 aliphatic rings. The maximum absolute atomic E-state index is 11.1. The Morgan fingerprint density at radius 1 is 1.30 bits per heavy atom. The molecule has 0 unspecified atom stereocenters. The van der Waals surface area contributed by atoms with Gasteiger partial charge in [0, 0.05) is 0 Å². The summed E-state index contributed by atoms with van der Waals surface area (Å²) in [5.74, 6) is -0.148. The van der Waals surface area contributed by atoms with Crippen LogP contribution in [0.4, 0.5) is 0 Å². The maximum atomic E-state index is 11.1. The summed E-state index contributed by atoms with van der Waals surface area (Å²) in [7, 11) is 0. The minimum Gasteiger partial charge on any atom is -0.461 e. The highest BCUT2D eigenvalue weighted by Crippen LogP contribution is 2.38. The third-order valence-electron chi connectivity index (χ3n) is 2.23. The fraction of sp³-hybridized carbons (Fsp3) is 0.857. The van der Waals surface area contributed by atoms with Gasteiger partial charge >= 0.3 is 5.97 Å². The SMILES string of the molecule is O=C1OCCOC12CCC2. The van der Waals surface area contributed by atoms with E-state index in [0.717, 1.165) is 19.3 Å². The molecule has 0 aromatic carbocycles. The molecule has 0 N–H and O–H groups in total. The van der Waals surface area contributed by atoms with Gasteiger partial charge in [0.15, 0.2) is 5.60 Å². The Morgan fingerprint density at radius 3 is 2.50 bits per heavy atom. The van der Waals surface area contributed by atoms with Crippen molar-refractivity contribution in [3.8, 4) is 0 Å². The van der Waals surface area contributed by atoms with Crippen molar-refractivity contribution in [1.82, 2.24) is 0 Å². The van der Waals surface area contributed by atoms with Crippen molar-refractivity contribution in [3.63, 3.8) is 0 Å². The Morgan fingerprint density at radius 2 is 2.10 bits per heavy atom.